The van der Waals surface area contributed by atoms with Gasteiger partial charge in [0.05, 0.1) is 19.7 Å². The monoisotopic (exact) mass is 575 g/mol. The van der Waals surface area contributed by atoms with Gasteiger partial charge in [-0.25, -0.2) is 4.98 Å². The molecule has 2 aliphatic heterocycles. The molecule has 1 aromatic heterocycles. The Kier molecular flexibility index (Phi) is 10.1. The lowest BCUT2D eigenvalue weighted by Gasteiger charge is -2.38. The number of hydrogen-bond donors (Lipinski definition) is 2. The molecule has 4 aliphatic rings. The molecule has 2 aliphatic carbocycles. The summed E-state index contributed by atoms with van der Waals surface area (Å²) in [6.07, 6.45) is 6.76. The number of nitrogens with two attached hydrogens (primary N) is 1. The van der Waals surface area contributed by atoms with Crippen LogP contribution in [0.3, 0.4) is 0 Å². The Morgan fingerprint density at radius 3 is 1.85 bits per heavy atom. The summed E-state index contributed by atoms with van der Waals surface area (Å²) in [7, 11) is 3.17. The summed E-state index contributed by atoms with van der Waals surface area (Å²) >= 11 is 0. The summed E-state index contributed by atoms with van der Waals surface area (Å²) < 4.78 is 10.7. The first-order valence-corrected chi connectivity index (χ1v) is 14.2. The van der Waals surface area contributed by atoms with E-state index in [1.807, 2.05) is 15.9 Å². The molecule has 0 bridgehead atoms. The number of piperazine rings is 2. The SMILES string of the molecule is COc1cc2nc(N3CCN(C(=O)C4CCC4)CC3)nc(N)c2cc1OC.Cl.O=C(C1CCC1)N1CCNCC1. The van der Waals surface area contributed by atoms with Crippen molar-refractivity contribution >= 4 is 46.9 Å². The van der Waals surface area contributed by atoms with Crippen LogP contribution in [-0.4, -0.2) is 98.2 Å². The number of benzene rings is 1. The van der Waals surface area contributed by atoms with Crippen LogP contribution in [0.2, 0.25) is 0 Å². The van der Waals surface area contributed by atoms with Gasteiger partial charge in [-0.2, -0.15) is 4.98 Å². The number of hydrogen-bond acceptors (Lipinski definition) is 9. The van der Waals surface area contributed by atoms with Crippen molar-refractivity contribution in [3.8, 4) is 11.5 Å². The molecule has 3 N–H and O–H groups in total. The topological polar surface area (TPSA) is 126 Å². The zero-order valence-corrected chi connectivity index (χ0v) is 24.4. The number of aromatic nitrogens is 2. The molecular formula is C28H42ClN7O4. The Labute approximate surface area is 242 Å². The molecule has 2 amide bonds. The number of halogens is 1. The van der Waals surface area contributed by atoms with Crippen LogP contribution in [0.4, 0.5) is 11.8 Å². The van der Waals surface area contributed by atoms with E-state index >= 15 is 0 Å². The van der Waals surface area contributed by atoms with Gasteiger partial charge in [0.1, 0.15) is 5.82 Å². The molecule has 0 unspecified atom stereocenters. The minimum absolute atomic E-state index is 0. The van der Waals surface area contributed by atoms with Gasteiger partial charge in [-0.15, -0.1) is 12.4 Å². The van der Waals surface area contributed by atoms with Crippen LogP contribution in [0.25, 0.3) is 10.9 Å². The highest BCUT2D eigenvalue weighted by molar-refractivity contribution is 5.91. The molecule has 6 rings (SSSR count). The number of anilines is 2. The number of carbonyl (C=O) groups is 2. The van der Waals surface area contributed by atoms with Crippen LogP contribution in [0, 0.1) is 11.8 Å². The van der Waals surface area contributed by atoms with Crippen LogP contribution < -0.4 is 25.4 Å². The predicted molar refractivity (Wildman–Crippen MR) is 157 cm³/mol. The summed E-state index contributed by atoms with van der Waals surface area (Å²) in [5.41, 5.74) is 6.89. The number of nitrogens with one attached hydrogen (secondary N) is 1. The van der Waals surface area contributed by atoms with Gasteiger partial charge in [-0.3, -0.25) is 9.59 Å². The van der Waals surface area contributed by atoms with Crippen molar-refractivity contribution in [1.82, 2.24) is 25.1 Å². The van der Waals surface area contributed by atoms with Crippen molar-refractivity contribution in [2.45, 2.75) is 38.5 Å². The number of methoxy groups -OCH3 is 2. The molecule has 40 heavy (non-hydrogen) atoms. The maximum atomic E-state index is 12.4. The first-order valence-electron chi connectivity index (χ1n) is 14.2. The van der Waals surface area contributed by atoms with Gasteiger partial charge >= 0.3 is 0 Å². The fourth-order valence-corrected chi connectivity index (χ4v) is 5.45. The Hall–Kier alpha value is -3.05. The molecule has 11 nitrogen and oxygen atoms in total. The molecular weight excluding hydrogens is 534 g/mol. The minimum Gasteiger partial charge on any atom is -0.493 e. The van der Waals surface area contributed by atoms with Crippen LogP contribution in [0.1, 0.15) is 38.5 Å². The van der Waals surface area contributed by atoms with Crippen LogP contribution in [0.15, 0.2) is 12.1 Å². The number of amides is 2. The van der Waals surface area contributed by atoms with E-state index in [1.54, 1.807) is 20.3 Å². The molecule has 1 aromatic carbocycles. The highest BCUT2D eigenvalue weighted by atomic mass is 35.5. The molecule has 12 heteroatoms. The lowest BCUT2D eigenvalue weighted by molar-refractivity contribution is -0.139. The third-order valence-corrected chi connectivity index (χ3v) is 8.43. The molecule has 0 atom stereocenters. The highest BCUT2D eigenvalue weighted by Gasteiger charge is 2.32. The normalized spacial score (nSPS) is 19.5. The zero-order chi connectivity index (χ0) is 27.4. The number of rotatable bonds is 5. The molecule has 0 spiro atoms. The van der Waals surface area contributed by atoms with E-state index in [0.29, 0.717) is 72.7 Å². The van der Waals surface area contributed by atoms with Crippen LogP contribution in [0.5, 0.6) is 11.5 Å². The highest BCUT2D eigenvalue weighted by Crippen LogP contribution is 2.34. The molecule has 0 radical (unpaired) electrons. The number of fused-ring (bicyclic) bond motifs is 1. The molecule has 4 fully saturated rings. The standard InChI is InChI=1S/C19H25N5O3.C9H16N2O.ClH/c1-26-15-10-13-14(11-16(15)27-2)21-19(22-17(13)20)24-8-6-23(7-9-24)18(25)12-4-3-5-12;12-9(8-2-1-3-8)11-6-4-10-5-7-11;/h10-12H,3-9H2,1-2H3,(H2,20,21,22);8,10H,1-7H2;1H. The molecule has 220 valence electrons. The fraction of sp³-hybridized carbons (Fsp3) is 0.643. The van der Waals surface area contributed by atoms with Crippen molar-refractivity contribution in [3.63, 3.8) is 0 Å². The van der Waals surface area contributed by atoms with Crippen LogP contribution >= 0.6 is 12.4 Å². The number of nitrogens with zero attached hydrogens (tertiary/aromatic N) is 5. The van der Waals surface area contributed by atoms with Gasteiger partial charge in [0, 0.05) is 75.6 Å². The average Bonchev–Trinajstić information content (AvgIpc) is 2.91. The maximum Gasteiger partial charge on any atom is 0.228 e. The van der Waals surface area contributed by atoms with E-state index in [0.717, 1.165) is 57.2 Å². The lowest BCUT2D eigenvalue weighted by Crippen LogP contribution is -2.51. The molecule has 2 aromatic rings. The van der Waals surface area contributed by atoms with Gasteiger partial charge in [-0.1, -0.05) is 12.8 Å². The second-order valence-electron chi connectivity index (χ2n) is 10.8. The summed E-state index contributed by atoms with van der Waals surface area (Å²) in [6.45, 7) is 6.57. The zero-order valence-electron chi connectivity index (χ0n) is 23.6. The van der Waals surface area contributed by atoms with Gasteiger partial charge in [0.15, 0.2) is 11.5 Å². The van der Waals surface area contributed by atoms with Gasteiger partial charge < -0.3 is 35.2 Å². The summed E-state index contributed by atoms with van der Waals surface area (Å²) in [4.78, 5) is 39.3. The van der Waals surface area contributed by atoms with E-state index in [2.05, 4.69) is 20.2 Å². The Bertz CT molecular complexity index is 1180. The lowest BCUT2D eigenvalue weighted by atomic mass is 9.84. The van der Waals surface area contributed by atoms with Gasteiger partial charge in [0.2, 0.25) is 17.8 Å². The Morgan fingerprint density at radius 1 is 0.825 bits per heavy atom. The molecule has 3 heterocycles. The van der Waals surface area contributed by atoms with Crippen LogP contribution in [-0.2, 0) is 9.59 Å². The first kappa shape index (κ1) is 29.9. The second-order valence-corrected chi connectivity index (χ2v) is 10.8. The van der Waals surface area contributed by atoms with Crippen molar-refractivity contribution < 1.29 is 19.1 Å². The van der Waals surface area contributed by atoms with E-state index in [9.17, 15) is 9.59 Å². The van der Waals surface area contributed by atoms with Crippen molar-refractivity contribution in [2.24, 2.45) is 11.8 Å². The average molecular weight is 576 g/mol. The van der Waals surface area contributed by atoms with Gasteiger partial charge in [0.25, 0.3) is 0 Å². The quantitative estimate of drug-likeness (QED) is 0.552. The maximum absolute atomic E-state index is 12.4. The molecule has 2 saturated heterocycles. The Morgan fingerprint density at radius 2 is 1.35 bits per heavy atom. The second kappa shape index (κ2) is 13.5. The summed E-state index contributed by atoms with van der Waals surface area (Å²) in [5.74, 6) is 3.52. The molecule has 2 saturated carbocycles. The fourth-order valence-electron chi connectivity index (χ4n) is 5.45. The third-order valence-electron chi connectivity index (χ3n) is 8.43. The minimum atomic E-state index is 0. The van der Waals surface area contributed by atoms with E-state index in [1.165, 1.54) is 12.8 Å². The number of ether oxygens (including phenoxy) is 2. The van der Waals surface area contributed by atoms with Crippen molar-refractivity contribution in [1.29, 1.82) is 0 Å². The van der Waals surface area contributed by atoms with E-state index in [4.69, 9.17) is 15.2 Å². The van der Waals surface area contributed by atoms with E-state index in [-0.39, 0.29) is 18.3 Å². The predicted octanol–water partition coefficient (Wildman–Crippen LogP) is 2.32. The summed E-state index contributed by atoms with van der Waals surface area (Å²) in [6, 6.07) is 3.61. The largest absolute Gasteiger partial charge is 0.493 e. The van der Waals surface area contributed by atoms with Crippen molar-refractivity contribution in [2.75, 3.05) is 77.2 Å². The smallest absolute Gasteiger partial charge is 0.228 e. The Balaban J connectivity index is 0.000000238. The van der Waals surface area contributed by atoms with E-state index < -0.39 is 0 Å². The number of carbonyl (C=O) groups excluding carboxylic acids is 2. The van der Waals surface area contributed by atoms with Gasteiger partial charge in [-0.05, 0) is 31.7 Å². The summed E-state index contributed by atoms with van der Waals surface area (Å²) in [5, 5.41) is 3.98. The van der Waals surface area contributed by atoms with Crippen molar-refractivity contribution in [3.05, 3.63) is 12.1 Å². The number of nitrogen functional groups attached to an aromatic ring is 1. The first-order chi connectivity index (χ1) is 19.0. The third kappa shape index (κ3) is 6.46.